The lowest BCUT2D eigenvalue weighted by Crippen LogP contribution is -2.10. The molecule has 0 atom stereocenters. The van der Waals surface area contributed by atoms with E-state index >= 15 is 0 Å². The van der Waals surface area contributed by atoms with Crippen molar-refractivity contribution in [1.82, 2.24) is 0 Å². The van der Waals surface area contributed by atoms with Crippen molar-refractivity contribution in [2.24, 2.45) is 0 Å². The molecule has 0 aliphatic rings. The summed E-state index contributed by atoms with van der Waals surface area (Å²) in [7, 11) is 0. The van der Waals surface area contributed by atoms with Crippen LogP contribution in [0.15, 0.2) is 12.1 Å². The van der Waals surface area contributed by atoms with Gasteiger partial charge in [0.15, 0.2) is 0 Å². The van der Waals surface area contributed by atoms with Crippen LogP contribution in [0.2, 0.25) is 0 Å². The van der Waals surface area contributed by atoms with Gasteiger partial charge in [0, 0.05) is 0 Å². The Balaban J connectivity index is 3.33. The first-order valence-corrected chi connectivity index (χ1v) is 4.94. The minimum Gasteiger partial charge on any atom is -0.465 e. The molecular formula is C8H7IN2O4. The standard InChI is InChI=1S/C8H7IN2O4/c1-4-2-3-5(10-8(12)13)7(6(4)9)11(14)15/h2-3,10H,1H3,(H,12,13). The van der Waals surface area contributed by atoms with Crippen molar-refractivity contribution < 1.29 is 14.8 Å². The number of hydrogen-bond acceptors (Lipinski definition) is 3. The summed E-state index contributed by atoms with van der Waals surface area (Å²) >= 11 is 1.82. The second kappa shape index (κ2) is 4.43. The highest BCUT2D eigenvalue weighted by Gasteiger charge is 2.21. The average Bonchev–Trinajstić information content (AvgIpc) is 2.10. The van der Waals surface area contributed by atoms with Crippen LogP contribution in [0, 0.1) is 20.6 Å². The van der Waals surface area contributed by atoms with E-state index < -0.39 is 11.0 Å². The van der Waals surface area contributed by atoms with Gasteiger partial charge in [-0.05, 0) is 41.1 Å². The maximum Gasteiger partial charge on any atom is 0.409 e. The second-order valence-electron chi connectivity index (χ2n) is 2.78. The molecular weight excluding hydrogens is 315 g/mol. The van der Waals surface area contributed by atoms with Crippen LogP contribution < -0.4 is 5.32 Å². The van der Waals surface area contributed by atoms with Crippen LogP contribution in [0.25, 0.3) is 0 Å². The molecule has 0 aromatic heterocycles. The van der Waals surface area contributed by atoms with E-state index in [9.17, 15) is 14.9 Å². The zero-order valence-corrected chi connectivity index (χ0v) is 9.81. The molecule has 0 fully saturated rings. The number of nitrogens with zero attached hydrogens (tertiary/aromatic N) is 1. The first kappa shape index (κ1) is 11.7. The third-order valence-corrected chi connectivity index (χ3v) is 3.10. The Bertz CT molecular complexity index is 433. The maximum atomic E-state index is 10.7. The molecule has 2 N–H and O–H groups in total. The number of nitrogens with one attached hydrogen (secondary N) is 1. The molecule has 1 amide bonds. The Labute approximate surface area is 98.6 Å². The zero-order valence-electron chi connectivity index (χ0n) is 7.65. The van der Waals surface area contributed by atoms with Crippen molar-refractivity contribution in [2.75, 3.05) is 5.32 Å². The van der Waals surface area contributed by atoms with Crippen LogP contribution in [0.5, 0.6) is 0 Å². The highest BCUT2D eigenvalue weighted by atomic mass is 127. The fourth-order valence-electron chi connectivity index (χ4n) is 1.06. The maximum absolute atomic E-state index is 10.7. The molecule has 0 radical (unpaired) electrons. The number of amides is 1. The van der Waals surface area contributed by atoms with Crippen LogP contribution in [-0.4, -0.2) is 16.1 Å². The summed E-state index contributed by atoms with van der Waals surface area (Å²) in [5, 5.41) is 21.2. The van der Waals surface area contributed by atoms with Gasteiger partial charge in [0.25, 0.3) is 0 Å². The normalized spacial score (nSPS) is 9.73. The van der Waals surface area contributed by atoms with Crippen molar-refractivity contribution in [3.8, 4) is 0 Å². The van der Waals surface area contributed by atoms with E-state index in [2.05, 4.69) is 0 Å². The van der Waals surface area contributed by atoms with Gasteiger partial charge in [-0.1, -0.05) is 6.07 Å². The Hall–Kier alpha value is -1.38. The first-order valence-electron chi connectivity index (χ1n) is 3.87. The lowest BCUT2D eigenvalue weighted by molar-refractivity contribution is -0.384. The van der Waals surface area contributed by atoms with Crippen molar-refractivity contribution >= 4 is 40.1 Å². The van der Waals surface area contributed by atoms with E-state index in [0.717, 1.165) is 5.56 Å². The molecule has 6 nitrogen and oxygen atoms in total. The van der Waals surface area contributed by atoms with Crippen molar-refractivity contribution in [3.63, 3.8) is 0 Å². The minimum atomic E-state index is -1.32. The SMILES string of the molecule is Cc1ccc(NC(=O)O)c([N+](=O)[O-])c1I. The minimum absolute atomic E-state index is 0.0116. The predicted octanol–water partition coefficient (Wildman–Crippen LogP) is 2.60. The molecule has 1 aromatic carbocycles. The summed E-state index contributed by atoms with van der Waals surface area (Å²) in [5.74, 6) is 0. The number of nitro groups is 1. The molecule has 0 aliphatic carbocycles. The average molecular weight is 322 g/mol. The number of rotatable bonds is 2. The lowest BCUT2D eigenvalue weighted by atomic mass is 10.2. The van der Waals surface area contributed by atoms with Gasteiger partial charge in [0.2, 0.25) is 0 Å². The number of carbonyl (C=O) groups is 1. The fraction of sp³-hybridized carbons (Fsp3) is 0.125. The molecule has 0 saturated heterocycles. The Morgan fingerprint density at radius 1 is 1.60 bits per heavy atom. The summed E-state index contributed by atoms with van der Waals surface area (Å²) in [6.45, 7) is 1.72. The molecule has 0 unspecified atom stereocenters. The smallest absolute Gasteiger partial charge is 0.409 e. The summed E-state index contributed by atoms with van der Waals surface area (Å²) in [6, 6.07) is 3.00. The molecule has 1 rings (SSSR count). The van der Waals surface area contributed by atoms with Gasteiger partial charge in [0.05, 0.1) is 8.49 Å². The molecule has 1 aromatic rings. The zero-order chi connectivity index (χ0) is 11.6. The molecule has 15 heavy (non-hydrogen) atoms. The highest BCUT2D eigenvalue weighted by molar-refractivity contribution is 14.1. The summed E-state index contributed by atoms with van der Waals surface area (Å²) in [5.41, 5.74) is 0.513. The first-order chi connectivity index (χ1) is 6.93. The number of halogens is 1. The largest absolute Gasteiger partial charge is 0.465 e. The van der Waals surface area contributed by atoms with Gasteiger partial charge in [0.1, 0.15) is 5.69 Å². The van der Waals surface area contributed by atoms with Crippen molar-refractivity contribution in [3.05, 3.63) is 31.4 Å². The van der Waals surface area contributed by atoms with E-state index in [0.29, 0.717) is 3.57 Å². The van der Waals surface area contributed by atoms with E-state index in [-0.39, 0.29) is 11.4 Å². The topological polar surface area (TPSA) is 92.5 Å². The van der Waals surface area contributed by atoms with E-state index in [4.69, 9.17) is 5.11 Å². The number of nitro benzene ring substituents is 1. The Kier molecular flexibility index (Phi) is 3.45. The quantitative estimate of drug-likeness (QED) is 0.497. The Morgan fingerprint density at radius 3 is 2.67 bits per heavy atom. The highest BCUT2D eigenvalue weighted by Crippen LogP contribution is 2.32. The summed E-state index contributed by atoms with van der Waals surface area (Å²) in [4.78, 5) is 20.6. The van der Waals surface area contributed by atoms with Crippen molar-refractivity contribution in [1.29, 1.82) is 0 Å². The van der Waals surface area contributed by atoms with Crippen LogP contribution >= 0.6 is 22.6 Å². The van der Waals surface area contributed by atoms with Gasteiger partial charge in [-0.3, -0.25) is 15.4 Å². The molecule has 0 spiro atoms. The van der Waals surface area contributed by atoms with Crippen molar-refractivity contribution in [2.45, 2.75) is 6.92 Å². The van der Waals surface area contributed by atoms with Gasteiger partial charge in [-0.2, -0.15) is 0 Å². The lowest BCUT2D eigenvalue weighted by Gasteiger charge is -2.05. The van der Waals surface area contributed by atoms with Crippen LogP contribution in [0.4, 0.5) is 16.2 Å². The van der Waals surface area contributed by atoms with Crippen LogP contribution in [0.3, 0.4) is 0 Å². The molecule has 0 bridgehead atoms. The van der Waals surface area contributed by atoms with Crippen LogP contribution in [0.1, 0.15) is 5.56 Å². The van der Waals surface area contributed by atoms with E-state index in [1.807, 2.05) is 27.9 Å². The second-order valence-corrected chi connectivity index (χ2v) is 3.86. The number of benzene rings is 1. The third kappa shape index (κ3) is 2.55. The van der Waals surface area contributed by atoms with Gasteiger partial charge >= 0.3 is 11.8 Å². The van der Waals surface area contributed by atoms with Gasteiger partial charge in [-0.25, -0.2) is 4.79 Å². The van der Waals surface area contributed by atoms with E-state index in [1.54, 1.807) is 13.0 Å². The predicted molar refractivity (Wildman–Crippen MR) is 62.2 cm³/mol. The molecule has 0 aliphatic heterocycles. The van der Waals surface area contributed by atoms with Gasteiger partial charge < -0.3 is 5.11 Å². The molecule has 80 valence electrons. The monoisotopic (exact) mass is 322 g/mol. The fourth-order valence-corrected chi connectivity index (χ4v) is 1.73. The number of aryl methyl sites for hydroxylation is 1. The number of anilines is 1. The van der Waals surface area contributed by atoms with Crippen LogP contribution in [-0.2, 0) is 0 Å². The number of hydrogen-bond donors (Lipinski definition) is 2. The molecule has 0 heterocycles. The summed E-state index contributed by atoms with van der Waals surface area (Å²) < 4.78 is 0.434. The Morgan fingerprint density at radius 2 is 2.20 bits per heavy atom. The number of carboxylic acid groups (broad SMARTS) is 1. The molecule has 0 saturated carbocycles. The third-order valence-electron chi connectivity index (χ3n) is 1.73. The summed E-state index contributed by atoms with van der Waals surface area (Å²) in [6.07, 6.45) is -1.32. The molecule has 7 heteroatoms. The van der Waals surface area contributed by atoms with E-state index in [1.165, 1.54) is 6.07 Å². The van der Waals surface area contributed by atoms with Gasteiger partial charge in [-0.15, -0.1) is 0 Å².